The Hall–Kier alpha value is -0.810. The molecule has 1 aliphatic rings. The Morgan fingerprint density at radius 2 is 2.31 bits per heavy atom. The summed E-state index contributed by atoms with van der Waals surface area (Å²) in [5.74, 6) is 0.702. The molecule has 1 aromatic rings. The summed E-state index contributed by atoms with van der Waals surface area (Å²) in [5.41, 5.74) is 0. The van der Waals surface area contributed by atoms with Gasteiger partial charge in [0.2, 0.25) is 0 Å². The summed E-state index contributed by atoms with van der Waals surface area (Å²) in [6.07, 6.45) is 5.58. The third kappa shape index (κ3) is 2.57. The van der Waals surface area contributed by atoms with E-state index in [1.807, 2.05) is 6.26 Å². The fraction of sp³-hybridized carbons (Fsp3) is 0.500. The second kappa shape index (κ2) is 3.93. The van der Waals surface area contributed by atoms with Crippen LogP contribution in [0.1, 0.15) is 0 Å². The minimum Gasteiger partial charge on any atom is -0.488 e. The fourth-order valence-corrected chi connectivity index (χ4v) is 1.15. The number of hydrogen-bond donors (Lipinski definition) is 0. The average Bonchev–Trinajstić information content (AvgIpc) is 2.99. The lowest BCUT2D eigenvalue weighted by molar-refractivity contribution is 0.261. The van der Waals surface area contributed by atoms with Gasteiger partial charge in [-0.1, -0.05) is 11.8 Å². The molecule has 1 fully saturated rings. The predicted octanol–water partition coefficient (Wildman–Crippen LogP) is 0.976. The van der Waals surface area contributed by atoms with Gasteiger partial charge in [-0.05, 0) is 6.26 Å². The van der Waals surface area contributed by atoms with Gasteiger partial charge in [-0.2, -0.15) is 0 Å². The Kier molecular flexibility index (Phi) is 2.65. The van der Waals surface area contributed by atoms with Crippen LogP contribution in [0.5, 0.6) is 5.75 Å². The zero-order valence-corrected chi connectivity index (χ0v) is 8.08. The zero-order chi connectivity index (χ0) is 9.10. The molecule has 1 unspecified atom stereocenters. The van der Waals surface area contributed by atoms with Gasteiger partial charge in [0, 0.05) is 0 Å². The first kappa shape index (κ1) is 8.77. The molecule has 0 radical (unpaired) electrons. The Balaban J connectivity index is 1.88. The summed E-state index contributed by atoms with van der Waals surface area (Å²) in [6.45, 7) is 1.41. The van der Waals surface area contributed by atoms with E-state index in [0.717, 1.165) is 11.8 Å². The van der Waals surface area contributed by atoms with Crippen molar-refractivity contribution < 1.29 is 9.47 Å². The van der Waals surface area contributed by atoms with Gasteiger partial charge in [0.25, 0.3) is 0 Å². The molecule has 13 heavy (non-hydrogen) atoms. The maximum Gasteiger partial charge on any atom is 0.187 e. The van der Waals surface area contributed by atoms with Crippen molar-refractivity contribution in [2.24, 2.45) is 0 Å². The molecule has 1 aliphatic heterocycles. The number of nitrogens with zero attached hydrogens (tertiary/aromatic N) is 2. The third-order valence-corrected chi connectivity index (χ3v) is 2.20. The van der Waals surface area contributed by atoms with Gasteiger partial charge in [0.05, 0.1) is 19.0 Å². The Morgan fingerprint density at radius 1 is 1.62 bits per heavy atom. The Morgan fingerprint density at radius 3 is 2.85 bits per heavy atom. The highest BCUT2D eigenvalue weighted by Gasteiger charge is 2.23. The minimum absolute atomic E-state index is 0.278. The van der Waals surface area contributed by atoms with Gasteiger partial charge in [0.15, 0.2) is 10.9 Å². The second-order valence-electron chi connectivity index (χ2n) is 2.67. The Labute approximate surface area is 80.7 Å². The number of ether oxygens (including phenoxy) is 2. The van der Waals surface area contributed by atoms with Crippen molar-refractivity contribution in [3.63, 3.8) is 0 Å². The van der Waals surface area contributed by atoms with Crippen molar-refractivity contribution in [2.45, 2.75) is 11.3 Å². The van der Waals surface area contributed by atoms with Crippen LogP contribution in [0.2, 0.25) is 0 Å². The summed E-state index contributed by atoms with van der Waals surface area (Å²) < 4.78 is 10.4. The van der Waals surface area contributed by atoms with Crippen LogP contribution >= 0.6 is 11.8 Å². The third-order valence-electron chi connectivity index (χ3n) is 1.63. The van der Waals surface area contributed by atoms with Crippen LogP contribution in [-0.2, 0) is 4.74 Å². The maximum atomic E-state index is 5.37. The van der Waals surface area contributed by atoms with Crippen LogP contribution in [0.4, 0.5) is 0 Å². The summed E-state index contributed by atoms with van der Waals surface area (Å²) in [5, 5.41) is 0.759. The first-order valence-corrected chi connectivity index (χ1v) is 5.21. The molecule has 0 N–H and O–H groups in total. The first-order valence-electron chi connectivity index (χ1n) is 3.99. The van der Waals surface area contributed by atoms with Gasteiger partial charge in [0.1, 0.15) is 12.7 Å². The first-order chi connectivity index (χ1) is 6.38. The molecule has 5 heteroatoms. The number of rotatable bonds is 4. The number of aromatic nitrogens is 2. The molecule has 0 aromatic carbocycles. The van der Waals surface area contributed by atoms with E-state index in [1.165, 1.54) is 11.8 Å². The predicted molar refractivity (Wildman–Crippen MR) is 49.0 cm³/mol. The summed E-state index contributed by atoms with van der Waals surface area (Å²) in [7, 11) is 0. The number of thioether (sulfide) groups is 1. The summed E-state index contributed by atoms with van der Waals surface area (Å²) >= 11 is 1.51. The quantitative estimate of drug-likeness (QED) is 0.410. The molecule has 1 aromatic heterocycles. The van der Waals surface area contributed by atoms with E-state index in [-0.39, 0.29) is 6.10 Å². The van der Waals surface area contributed by atoms with Crippen molar-refractivity contribution in [1.29, 1.82) is 0 Å². The van der Waals surface area contributed by atoms with Crippen LogP contribution in [0, 0.1) is 0 Å². The summed E-state index contributed by atoms with van der Waals surface area (Å²) in [4.78, 5) is 8.16. The van der Waals surface area contributed by atoms with Crippen LogP contribution < -0.4 is 4.74 Å². The Bertz CT molecular complexity index is 274. The lowest BCUT2D eigenvalue weighted by atomic mass is 10.5. The van der Waals surface area contributed by atoms with Crippen molar-refractivity contribution in [3.8, 4) is 5.75 Å². The van der Waals surface area contributed by atoms with Crippen molar-refractivity contribution in [2.75, 3.05) is 19.5 Å². The van der Waals surface area contributed by atoms with Gasteiger partial charge in [-0.15, -0.1) is 0 Å². The SMILES string of the molecule is CSc1ncc(OCC2CO2)cn1. The lowest BCUT2D eigenvalue weighted by Crippen LogP contribution is -2.04. The molecule has 0 amide bonds. The maximum absolute atomic E-state index is 5.37. The largest absolute Gasteiger partial charge is 0.488 e. The van der Waals surface area contributed by atoms with E-state index in [0.29, 0.717) is 12.4 Å². The van der Waals surface area contributed by atoms with E-state index in [1.54, 1.807) is 12.4 Å². The topological polar surface area (TPSA) is 47.5 Å². The summed E-state index contributed by atoms with van der Waals surface area (Å²) in [6, 6.07) is 0. The molecule has 70 valence electrons. The zero-order valence-electron chi connectivity index (χ0n) is 7.27. The van der Waals surface area contributed by atoms with Gasteiger partial charge >= 0.3 is 0 Å². The molecule has 0 spiro atoms. The van der Waals surface area contributed by atoms with Crippen molar-refractivity contribution in [3.05, 3.63) is 12.4 Å². The second-order valence-corrected chi connectivity index (χ2v) is 3.45. The molecule has 1 atom stereocenters. The average molecular weight is 198 g/mol. The van der Waals surface area contributed by atoms with Gasteiger partial charge in [-0.25, -0.2) is 9.97 Å². The van der Waals surface area contributed by atoms with Crippen molar-refractivity contribution >= 4 is 11.8 Å². The van der Waals surface area contributed by atoms with E-state index in [9.17, 15) is 0 Å². The monoisotopic (exact) mass is 198 g/mol. The highest BCUT2D eigenvalue weighted by Crippen LogP contribution is 2.14. The van der Waals surface area contributed by atoms with E-state index in [2.05, 4.69) is 9.97 Å². The molecule has 1 saturated heterocycles. The van der Waals surface area contributed by atoms with Crippen LogP contribution in [0.3, 0.4) is 0 Å². The molecule has 4 nitrogen and oxygen atoms in total. The highest BCUT2D eigenvalue weighted by atomic mass is 32.2. The standard InChI is InChI=1S/C8H10N2O2S/c1-13-8-9-2-6(3-10-8)11-4-7-5-12-7/h2-3,7H,4-5H2,1H3. The van der Waals surface area contributed by atoms with Gasteiger partial charge < -0.3 is 9.47 Å². The smallest absolute Gasteiger partial charge is 0.187 e. The van der Waals surface area contributed by atoms with Gasteiger partial charge in [-0.3, -0.25) is 0 Å². The van der Waals surface area contributed by atoms with Crippen LogP contribution in [0.25, 0.3) is 0 Å². The highest BCUT2D eigenvalue weighted by molar-refractivity contribution is 7.98. The van der Waals surface area contributed by atoms with E-state index >= 15 is 0 Å². The van der Waals surface area contributed by atoms with Crippen LogP contribution in [0.15, 0.2) is 17.6 Å². The molecule has 2 rings (SSSR count). The molecule has 0 aliphatic carbocycles. The molecule has 2 heterocycles. The lowest BCUT2D eigenvalue weighted by Gasteiger charge is -2.02. The molecular formula is C8H10N2O2S. The molecular weight excluding hydrogens is 188 g/mol. The molecule has 0 bridgehead atoms. The number of hydrogen-bond acceptors (Lipinski definition) is 5. The van der Waals surface area contributed by atoms with Crippen molar-refractivity contribution in [1.82, 2.24) is 9.97 Å². The molecule has 0 saturated carbocycles. The minimum atomic E-state index is 0.278. The van der Waals surface area contributed by atoms with E-state index < -0.39 is 0 Å². The normalized spacial score (nSPS) is 19.9. The number of epoxide rings is 1. The van der Waals surface area contributed by atoms with Crippen LogP contribution in [-0.4, -0.2) is 35.5 Å². The van der Waals surface area contributed by atoms with E-state index in [4.69, 9.17) is 9.47 Å². The fourth-order valence-electron chi connectivity index (χ4n) is 0.838.